The van der Waals surface area contributed by atoms with Crippen LogP contribution in [0.4, 0.5) is 5.69 Å². The molecule has 0 bridgehead atoms. The number of carbonyl (C=O) groups is 2. The normalized spacial score (nSPS) is 18.9. The molecule has 2 rings (SSSR count). The monoisotopic (exact) mass is 330 g/mol. The van der Waals surface area contributed by atoms with Crippen molar-refractivity contribution in [2.75, 3.05) is 17.4 Å². The Morgan fingerprint density at radius 1 is 1.50 bits per heavy atom. The lowest BCUT2D eigenvalue weighted by Gasteiger charge is -2.21. The van der Waals surface area contributed by atoms with E-state index < -0.39 is 12.0 Å². The lowest BCUT2D eigenvalue weighted by molar-refractivity contribution is -0.140. The van der Waals surface area contributed by atoms with Gasteiger partial charge in [0.05, 0.1) is 11.4 Å². The third kappa shape index (κ3) is 2.46. The molecule has 18 heavy (non-hydrogen) atoms. The van der Waals surface area contributed by atoms with Gasteiger partial charge in [-0.2, -0.15) is 0 Å². The molecule has 3 N–H and O–H groups in total. The first-order valence-electron chi connectivity index (χ1n) is 5.17. The smallest absolute Gasteiger partial charge is 0.327 e. The van der Waals surface area contributed by atoms with Crippen LogP contribution in [0.1, 0.15) is 10.4 Å². The Hall–Kier alpha value is -1.21. The van der Waals surface area contributed by atoms with Crippen molar-refractivity contribution in [3.8, 4) is 0 Å². The van der Waals surface area contributed by atoms with Crippen molar-refractivity contribution >= 4 is 45.3 Å². The van der Waals surface area contributed by atoms with Gasteiger partial charge < -0.3 is 15.7 Å². The number of benzene rings is 1. The predicted molar refractivity (Wildman–Crippen MR) is 73.5 cm³/mol. The van der Waals surface area contributed by atoms with E-state index in [2.05, 4.69) is 15.9 Å². The van der Waals surface area contributed by atoms with Gasteiger partial charge in [-0.1, -0.05) is 15.9 Å². The number of carboxylic acid groups (broad SMARTS) is 1. The van der Waals surface area contributed by atoms with Gasteiger partial charge in [0.2, 0.25) is 0 Å². The third-order valence-corrected chi connectivity index (χ3v) is 4.18. The summed E-state index contributed by atoms with van der Waals surface area (Å²) in [7, 11) is 0. The number of hydrogen-bond donors (Lipinski definition) is 2. The Morgan fingerprint density at radius 3 is 2.83 bits per heavy atom. The quantitative estimate of drug-likeness (QED) is 0.805. The molecule has 0 radical (unpaired) electrons. The van der Waals surface area contributed by atoms with Crippen molar-refractivity contribution in [1.29, 1.82) is 0 Å². The molecular formula is C11H11BrN2O3S. The fourth-order valence-electron chi connectivity index (χ4n) is 1.73. The molecule has 1 fully saturated rings. The minimum Gasteiger partial charge on any atom is -0.480 e. The zero-order valence-corrected chi connectivity index (χ0v) is 11.7. The predicted octanol–water partition coefficient (Wildman–Crippen LogP) is 1.63. The van der Waals surface area contributed by atoms with E-state index in [1.165, 1.54) is 16.7 Å². The summed E-state index contributed by atoms with van der Waals surface area (Å²) in [6.45, 7) is 0. The van der Waals surface area contributed by atoms with Crippen LogP contribution in [0.15, 0.2) is 22.7 Å². The van der Waals surface area contributed by atoms with Crippen molar-refractivity contribution in [1.82, 2.24) is 4.90 Å². The number of aliphatic carboxylic acids is 1. The molecule has 1 aliphatic heterocycles. The number of rotatable bonds is 2. The van der Waals surface area contributed by atoms with Crippen LogP contribution in [-0.4, -0.2) is 39.6 Å². The van der Waals surface area contributed by atoms with Crippen molar-refractivity contribution in [3.05, 3.63) is 28.2 Å². The maximum absolute atomic E-state index is 12.2. The number of nitrogen functional groups attached to an aromatic ring is 1. The van der Waals surface area contributed by atoms with Gasteiger partial charge in [-0.05, 0) is 18.2 Å². The summed E-state index contributed by atoms with van der Waals surface area (Å²) in [6.07, 6.45) is 0. The van der Waals surface area contributed by atoms with Crippen molar-refractivity contribution in [2.45, 2.75) is 6.04 Å². The van der Waals surface area contributed by atoms with Gasteiger partial charge in [0, 0.05) is 15.9 Å². The Bertz CT molecular complexity index is 509. The van der Waals surface area contributed by atoms with Crippen LogP contribution in [0.2, 0.25) is 0 Å². The fourth-order valence-corrected chi connectivity index (χ4v) is 3.25. The molecule has 0 saturated carbocycles. The number of anilines is 1. The average Bonchev–Trinajstić information content (AvgIpc) is 2.77. The molecule has 1 heterocycles. The van der Waals surface area contributed by atoms with Crippen LogP contribution in [0.5, 0.6) is 0 Å². The molecule has 5 nitrogen and oxygen atoms in total. The van der Waals surface area contributed by atoms with Crippen LogP contribution in [0.25, 0.3) is 0 Å². The lowest BCUT2D eigenvalue weighted by atomic mass is 10.1. The molecule has 96 valence electrons. The van der Waals surface area contributed by atoms with Gasteiger partial charge in [-0.25, -0.2) is 4.79 Å². The van der Waals surface area contributed by atoms with Crippen LogP contribution >= 0.6 is 27.7 Å². The van der Waals surface area contributed by atoms with Crippen LogP contribution in [0.3, 0.4) is 0 Å². The summed E-state index contributed by atoms with van der Waals surface area (Å²) in [4.78, 5) is 24.6. The second-order valence-corrected chi connectivity index (χ2v) is 5.78. The number of halogens is 1. The molecule has 0 spiro atoms. The topological polar surface area (TPSA) is 83.6 Å². The Kier molecular flexibility index (Phi) is 3.82. The van der Waals surface area contributed by atoms with Gasteiger partial charge in [-0.15, -0.1) is 11.8 Å². The van der Waals surface area contributed by atoms with Gasteiger partial charge >= 0.3 is 5.97 Å². The highest BCUT2D eigenvalue weighted by Gasteiger charge is 2.35. The summed E-state index contributed by atoms with van der Waals surface area (Å²) >= 11 is 4.69. The van der Waals surface area contributed by atoms with E-state index in [0.717, 1.165) is 4.47 Å². The highest BCUT2D eigenvalue weighted by atomic mass is 79.9. The molecular weight excluding hydrogens is 320 g/mol. The number of nitrogens with zero attached hydrogens (tertiary/aromatic N) is 1. The van der Waals surface area contributed by atoms with E-state index in [-0.39, 0.29) is 5.91 Å². The van der Waals surface area contributed by atoms with Crippen molar-refractivity contribution < 1.29 is 14.7 Å². The highest BCUT2D eigenvalue weighted by Crippen LogP contribution is 2.26. The zero-order chi connectivity index (χ0) is 13.3. The summed E-state index contributed by atoms with van der Waals surface area (Å²) in [6, 6.07) is 4.17. The second-order valence-electron chi connectivity index (χ2n) is 3.86. The minimum absolute atomic E-state index is 0.336. The van der Waals surface area contributed by atoms with Crippen LogP contribution < -0.4 is 5.73 Å². The van der Waals surface area contributed by atoms with E-state index in [4.69, 9.17) is 10.8 Å². The first kappa shape index (κ1) is 13.2. The SMILES string of the molecule is Nc1cc(Br)ccc1C(=O)N1CSCC1C(=O)O. The molecule has 1 atom stereocenters. The van der Waals surface area contributed by atoms with Gasteiger partial charge in [0.15, 0.2) is 0 Å². The first-order valence-corrected chi connectivity index (χ1v) is 7.12. The van der Waals surface area contributed by atoms with Gasteiger partial charge in [0.1, 0.15) is 6.04 Å². The molecule has 1 unspecified atom stereocenters. The van der Waals surface area contributed by atoms with E-state index in [0.29, 0.717) is 22.9 Å². The fraction of sp³-hybridized carbons (Fsp3) is 0.273. The van der Waals surface area contributed by atoms with Crippen molar-refractivity contribution in [2.24, 2.45) is 0 Å². The van der Waals surface area contributed by atoms with Gasteiger partial charge in [-0.3, -0.25) is 4.79 Å². The van der Waals surface area contributed by atoms with Crippen LogP contribution in [0, 0.1) is 0 Å². The third-order valence-electron chi connectivity index (χ3n) is 2.67. The summed E-state index contributed by atoms with van der Waals surface area (Å²) in [5.74, 6) is -0.524. The molecule has 1 aromatic carbocycles. The van der Waals surface area contributed by atoms with E-state index >= 15 is 0 Å². The molecule has 1 aliphatic rings. The number of nitrogens with two attached hydrogens (primary N) is 1. The molecule has 0 aromatic heterocycles. The molecule has 1 saturated heterocycles. The molecule has 0 aliphatic carbocycles. The standard InChI is InChI=1S/C11H11BrN2O3S/c12-6-1-2-7(8(13)3-6)10(15)14-5-18-4-9(14)11(16)17/h1-3,9H,4-5,13H2,(H,16,17). The maximum atomic E-state index is 12.2. The maximum Gasteiger partial charge on any atom is 0.327 e. The summed E-state index contributed by atoms with van der Waals surface area (Å²) in [5, 5.41) is 9.05. The molecule has 7 heteroatoms. The Labute approximate surface area is 116 Å². The summed E-state index contributed by atoms with van der Waals surface area (Å²) < 4.78 is 0.780. The van der Waals surface area contributed by atoms with E-state index in [9.17, 15) is 9.59 Å². The molecule has 1 amide bonds. The van der Waals surface area contributed by atoms with E-state index in [1.54, 1.807) is 18.2 Å². The number of carbonyl (C=O) groups excluding carboxylic acids is 1. The Morgan fingerprint density at radius 2 is 2.22 bits per heavy atom. The lowest BCUT2D eigenvalue weighted by Crippen LogP contribution is -2.41. The average molecular weight is 331 g/mol. The zero-order valence-electron chi connectivity index (χ0n) is 9.30. The largest absolute Gasteiger partial charge is 0.480 e. The second kappa shape index (κ2) is 5.19. The summed E-state index contributed by atoms with van der Waals surface area (Å²) in [5.41, 5.74) is 6.46. The first-order chi connectivity index (χ1) is 8.50. The van der Waals surface area contributed by atoms with E-state index in [1.807, 2.05) is 0 Å². The molecule has 1 aromatic rings. The number of hydrogen-bond acceptors (Lipinski definition) is 4. The highest BCUT2D eigenvalue weighted by molar-refractivity contribution is 9.10. The number of amides is 1. The Balaban J connectivity index is 2.28. The van der Waals surface area contributed by atoms with Crippen molar-refractivity contribution in [3.63, 3.8) is 0 Å². The number of thioether (sulfide) groups is 1. The number of carboxylic acids is 1. The van der Waals surface area contributed by atoms with Crippen LogP contribution in [-0.2, 0) is 4.79 Å². The van der Waals surface area contributed by atoms with Gasteiger partial charge in [0.25, 0.3) is 5.91 Å². The minimum atomic E-state index is -0.982.